The Hall–Kier alpha value is -0.750. The summed E-state index contributed by atoms with van der Waals surface area (Å²) in [6, 6.07) is 0. The highest BCUT2D eigenvalue weighted by atomic mass is 16.5. The molecule has 0 bridgehead atoms. The summed E-state index contributed by atoms with van der Waals surface area (Å²) in [6.45, 7) is 15.8. The van der Waals surface area contributed by atoms with Crippen LogP contribution in [-0.4, -0.2) is 52.1 Å². The number of carbonyl (C=O) groups excluding carboxylic acids is 1. The Morgan fingerprint density at radius 3 is 2.29 bits per heavy atom. The number of allylic oxidation sites excluding steroid dienone is 2. The van der Waals surface area contributed by atoms with Gasteiger partial charge in [-0.15, -0.1) is 0 Å². The fraction of sp³-hybridized carbons (Fsp3) is 0.900. The van der Waals surface area contributed by atoms with Crippen molar-refractivity contribution in [2.45, 2.75) is 111 Å². The number of ether oxygens (including phenoxy) is 1. The second-order valence-corrected chi connectivity index (χ2v) is 13.8. The Morgan fingerprint density at radius 1 is 1.03 bits per heavy atom. The minimum Gasteiger partial charge on any atom is -0.393 e. The van der Waals surface area contributed by atoms with E-state index in [-0.39, 0.29) is 47.4 Å². The van der Waals surface area contributed by atoms with Crippen LogP contribution in [0.3, 0.4) is 0 Å². The number of aliphatic hydroxyl groups excluding tert-OH is 2. The Balaban J connectivity index is 1.74. The molecule has 0 radical (unpaired) electrons. The molecule has 35 heavy (non-hydrogen) atoms. The average Bonchev–Trinajstić information content (AvgIpc) is 3.05. The van der Waals surface area contributed by atoms with Gasteiger partial charge in [0.1, 0.15) is 11.4 Å². The normalized spacial score (nSPS) is 51.7. The molecule has 200 valence electrons. The van der Waals surface area contributed by atoms with Gasteiger partial charge in [0.25, 0.3) is 0 Å². The molecule has 0 spiro atoms. The van der Waals surface area contributed by atoms with Crippen LogP contribution in [-0.2, 0) is 9.53 Å². The maximum absolute atomic E-state index is 13.6. The highest BCUT2D eigenvalue weighted by Gasteiger charge is 2.75. The number of hydrogen-bond donors (Lipinski definition) is 3. The Labute approximate surface area is 212 Å². The maximum atomic E-state index is 13.6. The number of ketones is 1. The summed E-state index contributed by atoms with van der Waals surface area (Å²) in [6.07, 6.45) is 6.24. The molecule has 0 saturated heterocycles. The summed E-state index contributed by atoms with van der Waals surface area (Å²) in [5.74, 6) is 1.85. The zero-order chi connectivity index (χ0) is 26.1. The molecule has 3 N–H and O–H groups in total. The first-order chi connectivity index (χ1) is 16.2. The summed E-state index contributed by atoms with van der Waals surface area (Å²) in [4.78, 5) is 13.6. The summed E-state index contributed by atoms with van der Waals surface area (Å²) in [5, 5.41) is 33.6. The molecule has 4 fully saturated rings. The first kappa shape index (κ1) is 27.3. The van der Waals surface area contributed by atoms with Crippen LogP contribution in [0, 0.1) is 51.8 Å². The Bertz CT molecular complexity index is 854. The number of Topliss-reactive ketones (excluding diaryl/α,β-unsaturated/α-hetero) is 1. The van der Waals surface area contributed by atoms with E-state index in [9.17, 15) is 20.1 Å². The first-order valence-corrected chi connectivity index (χ1v) is 14.0. The van der Waals surface area contributed by atoms with Crippen LogP contribution in [0.1, 0.15) is 87.0 Å². The van der Waals surface area contributed by atoms with Crippen molar-refractivity contribution >= 4 is 5.78 Å². The average molecular weight is 491 g/mol. The van der Waals surface area contributed by atoms with E-state index < -0.39 is 23.2 Å². The molecule has 4 saturated carbocycles. The van der Waals surface area contributed by atoms with Crippen molar-refractivity contribution in [3.8, 4) is 0 Å². The number of fused-ring (bicyclic) bond motifs is 5. The predicted octanol–water partition coefficient (Wildman–Crippen LogP) is 4.77. The molecule has 5 nitrogen and oxygen atoms in total. The zero-order valence-electron chi connectivity index (χ0n) is 23.3. The van der Waals surface area contributed by atoms with Gasteiger partial charge < -0.3 is 20.1 Å². The van der Waals surface area contributed by atoms with E-state index in [0.29, 0.717) is 30.1 Å². The summed E-state index contributed by atoms with van der Waals surface area (Å²) < 4.78 is 6.18. The zero-order valence-corrected chi connectivity index (χ0v) is 23.3. The van der Waals surface area contributed by atoms with Crippen LogP contribution in [0.5, 0.6) is 0 Å². The number of methoxy groups -OCH3 is 1. The van der Waals surface area contributed by atoms with Gasteiger partial charge in [-0.2, -0.15) is 0 Å². The maximum Gasteiger partial charge on any atom is 0.144 e. The smallest absolute Gasteiger partial charge is 0.144 e. The van der Waals surface area contributed by atoms with E-state index >= 15 is 0 Å². The molecule has 12 atom stereocenters. The number of carbonyl (C=O) groups is 1. The van der Waals surface area contributed by atoms with Crippen LogP contribution < -0.4 is 0 Å². The largest absolute Gasteiger partial charge is 0.393 e. The third kappa shape index (κ3) is 3.66. The highest BCUT2D eigenvalue weighted by molar-refractivity contribution is 5.88. The lowest BCUT2D eigenvalue weighted by Crippen LogP contribution is -2.75. The van der Waals surface area contributed by atoms with Crippen molar-refractivity contribution in [2.24, 2.45) is 51.8 Å². The van der Waals surface area contributed by atoms with E-state index in [1.807, 2.05) is 6.92 Å². The fourth-order valence-corrected chi connectivity index (χ4v) is 9.34. The SMILES string of the molecule is COC1CC2(C)C(C(C)/C=C/C(C)C(C)C)CCC2(C)C2CC(O)C3(O)CC(O)CC(=O)C3(C)C12. The summed E-state index contributed by atoms with van der Waals surface area (Å²) in [7, 11) is 1.74. The molecule has 0 aromatic rings. The minimum atomic E-state index is -1.62. The molecule has 0 amide bonds. The van der Waals surface area contributed by atoms with E-state index in [1.165, 1.54) is 0 Å². The third-order valence-electron chi connectivity index (χ3n) is 12.2. The van der Waals surface area contributed by atoms with Crippen molar-refractivity contribution in [3.05, 3.63) is 12.2 Å². The second kappa shape index (κ2) is 8.92. The predicted molar refractivity (Wildman–Crippen MR) is 138 cm³/mol. The van der Waals surface area contributed by atoms with Gasteiger partial charge in [-0.25, -0.2) is 0 Å². The van der Waals surface area contributed by atoms with Gasteiger partial charge in [-0.05, 0) is 73.0 Å². The van der Waals surface area contributed by atoms with Crippen LogP contribution in [0.15, 0.2) is 12.2 Å². The van der Waals surface area contributed by atoms with E-state index in [2.05, 4.69) is 53.7 Å². The lowest BCUT2D eigenvalue weighted by molar-refractivity contribution is -0.283. The molecule has 12 unspecified atom stereocenters. The van der Waals surface area contributed by atoms with Crippen molar-refractivity contribution in [3.63, 3.8) is 0 Å². The van der Waals surface area contributed by atoms with Crippen LogP contribution in [0.25, 0.3) is 0 Å². The van der Waals surface area contributed by atoms with Gasteiger partial charge in [0.15, 0.2) is 0 Å². The molecule has 4 aliphatic rings. The highest BCUT2D eigenvalue weighted by Crippen LogP contribution is 2.73. The molecular weight excluding hydrogens is 440 g/mol. The minimum absolute atomic E-state index is 0.00241. The standard InChI is InChI=1S/C30H50O5/c1-17(2)18(3)9-10-19(4)21-11-12-27(5)22-14-25(33)30(34)15-20(31)13-24(32)29(30,7)26(22)23(35-8)16-28(21,27)6/h9-10,17-23,25-26,31,33-34H,11-16H2,1-8H3/b10-9+. The van der Waals surface area contributed by atoms with Crippen molar-refractivity contribution in [1.82, 2.24) is 0 Å². The van der Waals surface area contributed by atoms with Crippen LogP contribution in [0.2, 0.25) is 0 Å². The molecule has 0 aromatic carbocycles. The quantitative estimate of drug-likeness (QED) is 0.483. The van der Waals surface area contributed by atoms with E-state index in [0.717, 1.165) is 19.3 Å². The lowest BCUT2D eigenvalue weighted by atomic mass is 9.38. The van der Waals surface area contributed by atoms with E-state index in [1.54, 1.807) is 7.11 Å². The van der Waals surface area contributed by atoms with Crippen LogP contribution in [0.4, 0.5) is 0 Å². The lowest BCUT2D eigenvalue weighted by Gasteiger charge is -2.68. The van der Waals surface area contributed by atoms with Gasteiger partial charge in [0.2, 0.25) is 0 Å². The molecule has 0 heterocycles. The first-order valence-electron chi connectivity index (χ1n) is 14.0. The monoisotopic (exact) mass is 490 g/mol. The van der Waals surface area contributed by atoms with Gasteiger partial charge in [-0.3, -0.25) is 4.79 Å². The number of aliphatic hydroxyl groups is 3. The third-order valence-corrected chi connectivity index (χ3v) is 12.2. The van der Waals surface area contributed by atoms with Crippen molar-refractivity contribution < 1.29 is 24.9 Å². The molecular formula is C30H50O5. The number of hydrogen-bond acceptors (Lipinski definition) is 5. The Kier molecular flexibility index (Phi) is 6.96. The fourth-order valence-electron chi connectivity index (χ4n) is 9.34. The van der Waals surface area contributed by atoms with Crippen molar-refractivity contribution in [1.29, 1.82) is 0 Å². The van der Waals surface area contributed by atoms with Gasteiger partial charge in [-0.1, -0.05) is 53.7 Å². The molecule has 4 aliphatic carbocycles. The molecule has 0 aromatic heterocycles. The van der Waals surface area contributed by atoms with Gasteiger partial charge in [0, 0.05) is 25.9 Å². The van der Waals surface area contributed by atoms with Gasteiger partial charge in [0.05, 0.1) is 23.7 Å². The van der Waals surface area contributed by atoms with Crippen LogP contribution >= 0.6 is 0 Å². The summed E-state index contributed by atoms with van der Waals surface area (Å²) in [5.41, 5.74) is -2.81. The number of rotatable bonds is 5. The molecule has 4 rings (SSSR count). The Morgan fingerprint density at radius 2 is 1.69 bits per heavy atom. The molecule has 5 heteroatoms. The summed E-state index contributed by atoms with van der Waals surface area (Å²) >= 11 is 0. The second-order valence-electron chi connectivity index (χ2n) is 13.8. The van der Waals surface area contributed by atoms with Crippen molar-refractivity contribution in [2.75, 3.05) is 7.11 Å². The topological polar surface area (TPSA) is 87.0 Å². The molecule has 0 aliphatic heterocycles. The van der Waals surface area contributed by atoms with Gasteiger partial charge >= 0.3 is 0 Å². The van der Waals surface area contributed by atoms with E-state index in [4.69, 9.17) is 4.74 Å².